The fraction of sp³-hybridized carbons (Fsp3) is 0.238. The van der Waals surface area contributed by atoms with E-state index < -0.39 is 0 Å². The second-order valence-corrected chi connectivity index (χ2v) is 7.49. The van der Waals surface area contributed by atoms with Crippen molar-refractivity contribution < 1.29 is 14.3 Å². The Morgan fingerprint density at radius 3 is 2.64 bits per heavy atom. The number of ether oxygens (including phenoxy) is 2. The lowest BCUT2D eigenvalue weighted by atomic mass is 10.1. The van der Waals surface area contributed by atoms with Crippen molar-refractivity contribution in [1.29, 1.82) is 0 Å². The zero-order chi connectivity index (χ0) is 20.3. The molecule has 1 amide bonds. The van der Waals surface area contributed by atoms with E-state index in [0.717, 1.165) is 5.56 Å². The van der Waals surface area contributed by atoms with Gasteiger partial charge in [0.1, 0.15) is 5.70 Å². The third-order valence-corrected chi connectivity index (χ3v) is 4.65. The maximum Gasteiger partial charge on any atom is 0.281 e. The van der Waals surface area contributed by atoms with Crippen LogP contribution in [-0.2, 0) is 4.79 Å². The van der Waals surface area contributed by atoms with Crippen LogP contribution in [0.4, 0.5) is 5.69 Å². The number of thiocarbonyl (C=S) groups is 1. The number of para-hydroxylation sites is 1. The number of halogens is 1. The van der Waals surface area contributed by atoms with Crippen molar-refractivity contribution in [2.75, 3.05) is 18.6 Å². The molecule has 7 heteroatoms. The fourth-order valence-electron chi connectivity index (χ4n) is 2.70. The predicted octanol–water partition coefficient (Wildman–Crippen LogP) is 4.65. The van der Waals surface area contributed by atoms with E-state index in [9.17, 15) is 4.79 Å². The SMILES string of the molecule is COc1cc(/C=C2\NC(=S)N(c3ccccc3Cl)C2=O)ccc1OCC(C)C. The molecule has 1 aliphatic rings. The number of benzene rings is 2. The molecule has 1 fully saturated rings. The number of methoxy groups -OCH3 is 1. The van der Waals surface area contributed by atoms with Gasteiger partial charge in [0.2, 0.25) is 0 Å². The second kappa shape index (κ2) is 8.63. The van der Waals surface area contributed by atoms with Crippen LogP contribution in [0.5, 0.6) is 11.5 Å². The molecular weight excluding hydrogens is 396 g/mol. The minimum absolute atomic E-state index is 0.266. The van der Waals surface area contributed by atoms with E-state index in [0.29, 0.717) is 40.4 Å². The summed E-state index contributed by atoms with van der Waals surface area (Å²) in [5, 5.41) is 3.70. The number of hydrogen-bond donors (Lipinski definition) is 1. The number of amides is 1. The molecule has 0 bridgehead atoms. The molecule has 0 saturated carbocycles. The minimum atomic E-state index is -0.266. The number of carbonyl (C=O) groups is 1. The molecule has 5 nitrogen and oxygen atoms in total. The summed E-state index contributed by atoms with van der Waals surface area (Å²) in [4.78, 5) is 14.3. The first-order valence-electron chi connectivity index (χ1n) is 8.83. The Balaban J connectivity index is 1.87. The van der Waals surface area contributed by atoms with E-state index in [1.807, 2.05) is 18.2 Å². The van der Waals surface area contributed by atoms with Crippen molar-refractivity contribution >= 4 is 46.6 Å². The highest BCUT2D eigenvalue weighted by atomic mass is 35.5. The molecule has 1 saturated heterocycles. The molecule has 1 N–H and O–H groups in total. The van der Waals surface area contributed by atoms with E-state index in [1.54, 1.807) is 37.5 Å². The van der Waals surface area contributed by atoms with Crippen molar-refractivity contribution in [3.63, 3.8) is 0 Å². The molecule has 3 rings (SSSR count). The van der Waals surface area contributed by atoms with Crippen LogP contribution in [-0.4, -0.2) is 24.7 Å². The highest BCUT2D eigenvalue weighted by Crippen LogP contribution is 2.31. The number of nitrogens with one attached hydrogen (secondary N) is 1. The first kappa shape index (κ1) is 20.2. The Bertz CT molecular complexity index is 943. The Morgan fingerprint density at radius 1 is 1.21 bits per heavy atom. The highest BCUT2D eigenvalue weighted by molar-refractivity contribution is 7.80. The van der Waals surface area contributed by atoms with Gasteiger partial charge in [-0.25, -0.2) is 0 Å². The summed E-state index contributed by atoms with van der Waals surface area (Å²) >= 11 is 11.6. The molecule has 0 atom stereocenters. The molecule has 2 aromatic carbocycles. The van der Waals surface area contributed by atoms with Crippen molar-refractivity contribution in [2.24, 2.45) is 5.92 Å². The van der Waals surface area contributed by atoms with Gasteiger partial charge in [-0.1, -0.05) is 43.6 Å². The van der Waals surface area contributed by atoms with Crippen molar-refractivity contribution in [2.45, 2.75) is 13.8 Å². The van der Waals surface area contributed by atoms with Gasteiger partial charge >= 0.3 is 0 Å². The summed E-state index contributed by atoms with van der Waals surface area (Å²) in [6.07, 6.45) is 1.72. The second-order valence-electron chi connectivity index (χ2n) is 6.70. The van der Waals surface area contributed by atoms with Crippen molar-refractivity contribution in [1.82, 2.24) is 5.32 Å². The number of nitrogens with zero attached hydrogens (tertiary/aromatic N) is 1. The lowest BCUT2D eigenvalue weighted by molar-refractivity contribution is -0.113. The van der Waals surface area contributed by atoms with E-state index >= 15 is 0 Å². The third-order valence-electron chi connectivity index (χ3n) is 4.04. The molecule has 2 aromatic rings. The van der Waals surface area contributed by atoms with Gasteiger partial charge in [-0.3, -0.25) is 9.69 Å². The number of hydrogen-bond acceptors (Lipinski definition) is 4. The molecule has 0 aliphatic carbocycles. The molecule has 0 aromatic heterocycles. The third kappa shape index (κ3) is 4.29. The number of anilines is 1. The van der Waals surface area contributed by atoms with Gasteiger partial charge in [-0.2, -0.15) is 0 Å². The number of rotatable bonds is 6. The highest BCUT2D eigenvalue weighted by Gasteiger charge is 2.33. The van der Waals surface area contributed by atoms with Crippen LogP contribution in [0, 0.1) is 5.92 Å². The minimum Gasteiger partial charge on any atom is -0.493 e. The summed E-state index contributed by atoms with van der Waals surface area (Å²) < 4.78 is 11.2. The smallest absolute Gasteiger partial charge is 0.281 e. The standard InChI is InChI=1S/C21H21ClN2O3S/c1-13(2)12-27-18-9-8-14(11-19(18)26-3)10-16-20(25)24(21(28)23-16)17-7-5-4-6-15(17)22/h4-11,13H,12H2,1-3H3,(H,23,28)/b16-10-. The van der Waals surface area contributed by atoms with Crippen LogP contribution in [0.15, 0.2) is 48.2 Å². The molecule has 28 heavy (non-hydrogen) atoms. The maximum atomic E-state index is 12.9. The lowest BCUT2D eigenvalue weighted by Crippen LogP contribution is -2.30. The molecule has 1 aliphatic heterocycles. The van der Waals surface area contributed by atoms with Crippen LogP contribution in [0.2, 0.25) is 5.02 Å². The lowest BCUT2D eigenvalue weighted by Gasteiger charge is -2.15. The normalized spacial score (nSPS) is 15.3. The van der Waals surface area contributed by atoms with Gasteiger partial charge in [0.05, 0.1) is 24.4 Å². The maximum absolute atomic E-state index is 12.9. The predicted molar refractivity (Wildman–Crippen MR) is 116 cm³/mol. The largest absolute Gasteiger partial charge is 0.493 e. The van der Waals surface area contributed by atoms with Crippen molar-refractivity contribution in [3.8, 4) is 11.5 Å². The quantitative estimate of drug-likeness (QED) is 0.549. The Morgan fingerprint density at radius 2 is 1.96 bits per heavy atom. The average Bonchev–Trinajstić information content (AvgIpc) is 2.94. The zero-order valence-electron chi connectivity index (χ0n) is 15.9. The van der Waals surface area contributed by atoms with E-state index in [2.05, 4.69) is 19.2 Å². The van der Waals surface area contributed by atoms with Gasteiger partial charge < -0.3 is 14.8 Å². The summed E-state index contributed by atoms with van der Waals surface area (Å²) in [5.41, 5.74) is 1.70. The monoisotopic (exact) mass is 416 g/mol. The molecule has 0 spiro atoms. The van der Waals surface area contributed by atoms with Crippen LogP contribution in [0.25, 0.3) is 6.08 Å². The molecule has 0 radical (unpaired) electrons. The summed E-state index contributed by atoms with van der Waals surface area (Å²) in [6, 6.07) is 12.6. The van der Waals surface area contributed by atoms with Crippen LogP contribution < -0.4 is 19.7 Å². The van der Waals surface area contributed by atoms with Crippen LogP contribution >= 0.6 is 23.8 Å². The molecular formula is C21H21ClN2O3S. The van der Waals surface area contributed by atoms with Gasteiger partial charge in [0.25, 0.3) is 5.91 Å². The first-order chi connectivity index (χ1) is 13.4. The topological polar surface area (TPSA) is 50.8 Å². The summed E-state index contributed by atoms with van der Waals surface area (Å²) in [6.45, 7) is 4.75. The van der Waals surface area contributed by atoms with E-state index in [-0.39, 0.29) is 11.0 Å². The molecule has 1 heterocycles. The summed E-state index contributed by atoms with van der Waals surface area (Å²) in [5.74, 6) is 1.41. The Hall–Kier alpha value is -2.57. The number of carbonyl (C=O) groups excluding carboxylic acids is 1. The van der Waals surface area contributed by atoms with E-state index in [1.165, 1.54) is 4.90 Å². The first-order valence-corrected chi connectivity index (χ1v) is 9.62. The molecule has 146 valence electrons. The van der Waals surface area contributed by atoms with Gasteiger partial charge in [0, 0.05) is 0 Å². The van der Waals surface area contributed by atoms with Crippen LogP contribution in [0.1, 0.15) is 19.4 Å². The van der Waals surface area contributed by atoms with Crippen molar-refractivity contribution in [3.05, 3.63) is 58.7 Å². The Labute approximate surface area is 174 Å². The Kier molecular flexibility index (Phi) is 6.21. The van der Waals surface area contributed by atoms with E-state index in [4.69, 9.17) is 33.3 Å². The average molecular weight is 417 g/mol. The fourth-order valence-corrected chi connectivity index (χ4v) is 3.21. The van der Waals surface area contributed by atoms with Gasteiger partial charge in [-0.05, 0) is 54.0 Å². The summed E-state index contributed by atoms with van der Waals surface area (Å²) in [7, 11) is 1.59. The van der Waals surface area contributed by atoms with Gasteiger partial charge in [-0.15, -0.1) is 0 Å². The molecule has 0 unspecified atom stereocenters. The zero-order valence-corrected chi connectivity index (χ0v) is 17.4. The van der Waals surface area contributed by atoms with Gasteiger partial charge in [0.15, 0.2) is 16.6 Å². The van der Waals surface area contributed by atoms with Crippen LogP contribution in [0.3, 0.4) is 0 Å².